The van der Waals surface area contributed by atoms with Gasteiger partial charge in [-0.1, -0.05) is 22.0 Å². The van der Waals surface area contributed by atoms with Crippen LogP contribution in [0.25, 0.3) is 0 Å². The van der Waals surface area contributed by atoms with Crippen molar-refractivity contribution in [3.05, 3.63) is 28.2 Å². The Hall–Kier alpha value is -0.590. The Balaban J connectivity index is 3.02. The van der Waals surface area contributed by atoms with Gasteiger partial charge < -0.3 is 0 Å². The maximum atomic E-state index is 12.0. The van der Waals surface area contributed by atoms with Crippen molar-refractivity contribution in [3.8, 4) is 0 Å². The summed E-state index contributed by atoms with van der Waals surface area (Å²) in [6.07, 6.45) is 0. The third-order valence-electron chi connectivity index (χ3n) is 2.54. The summed E-state index contributed by atoms with van der Waals surface area (Å²) in [5, 5.41) is 0. The Labute approximate surface area is 111 Å². The first kappa shape index (κ1) is 14.5. The molecule has 1 N–H and O–H groups in total. The van der Waals surface area contributed by atoms with Gasteiger partial charge >= 0.3 is 10.2 Å². The molecule has 0 spiro atoms. The number of hydrogen-bond acceptors (Lipinski definition) is 2. The molecule has 1 rings (SSSR count). The highest BCUT2D eigenvalue weighted by Gasteiger charge is 2.20. The van der Waals surface area contributed by atoms with Gasteiger partial charge in [-0.05, 0) is 38.5 Å². The van der Waals surface area contributed by atoms with Crippen LogP contribution in [0.15, 0.2) is 22.7 Å². The van der Waals surface area contributed by atoms with Gasteiger partial charge in [-0.2, -0.15) is 12.7 Å². The second-order valence-electron chi connectivity index (χ2n) is 4.18. The molecule has 6 heteroatoms. The molecule has 0 aromatic heterocycles. The average molecular weight is 321 g/mol. The molecule has 0 saturated heterocycles. The van der Waals surface area contributed by atoms with Crippen molar-refractivity contribution in [1.29, 1.82) is 0 Å². The van der Waals surface area contributed by atoms with Crippen LogP contribution in [0.5, 0.6) is 0 Å². The molecule has 96 valence electrons. The van der Waals surface area contributed by atoms with E-state index in [0.29, 0.717) is 5.69 Å². The maximum Gasteiger partial charge on any atom is 0.301 e. The number of rotatable bonds is 4. The zero-order chi connectivity index (χ0) is 13.2. The fourth-order valence-corrected chi connectivity index (χ4v) is 2.75. The van der Waals surface area contributed by atoms with Gasteiger partial charge in [0.05, 0.1) is 5.69 Å². The number of nitrogens with one attached hydrogen (secondary N) is 1. The first-order valence-electron chi connectivity index (χ1n) is 5.26. The van der Waals surface area contributed by atoms with Gasteiger partial charge in [0.15, 0.2) is 0 Å². The fraction of sp³-hybridized carbons (Fsp3) is 0.455. The highest BCUT2D eigenvalue weighted by atomic mass is 79.9. The molecule has 0 unspecified atom stereocenters. The van der Waals surface area contributed by atoms with Gasteiger partial charge in [0.25, 0.3) is 0 Å². The van der Waals surface area contributed by atoms with Gasteiger partial charge in [0, 0.05) is 17.6 Å². The first-order valence-corrected chi connectivity index (χ1v) is 7.49. The molecule has 0 aliphatic carbocycles. The number of aryl methyl sites for hydroxylation is 1. The standard InChI is InChI=1S/C11H17BrN2O2S/c1-8(2)14(4)17(15,16)13-11-7-10(12)6-5-9(11)3/h5-8,13H,1-4H3. The van der Waals surface area contributed by atoms with Crippen molar-refractivity contribution in [2.75, 3.05) is 11.8 Å². The predicted molar refractivity (Wildman–Crippen MR) is 74.3 cm³/mol. The zero-order valence-corrected chi connectivity index (χ0v) is 12.8. The smallest absolute Gasteiger partial charge is 0.271 e. The highest BCUT2D eigenvalue weighted by Crippen LogP contribution is 2.22. The van der Waals surface area contributed by atoms with Crippen molar-refractivity contribution >= 4 is 31.8 Å². The topological polar surface area (TPSA) is 49.4 Å². The van der Waals surface area contributed by atoms with E-state index >= 15 is 0 Å². The van der Waals surface area contributed by atoms with E-state index < -0.39 is 10.2 Å². The number of anilines is 1. The molecule has 0 fully saturated rings. The molecule has 1 aromatic carbocycles. The van der Waals surface area contributed by atoms with Crippen LogP contribution in [0, 0.1) is 6.92 Å². The summed E-state index contributed by atoms with van der Waals surface area (Å²) >= 11 is 3.32. The Morgan fingerprint density at radius 1 is 1.35 bits per heavy atom. The van der Waals surface area contributed by atoms with Crippen molar-refractivity contribution in [1.82, 2.24) is 4.31 Å². The molecule has 0 heterocycles. The van der Waals surface area contributed by atoms with E-state index in [-0.39, 0.29) is 6.04 Å². The minimum Gasteiger partial charge on any atom is -0.271 e. The molecular formula is C11H17BrN2O2S. The van der Waals surface area contributed by atoms with Crippen molar-refractivity contribution < 1.29 is 8.42 Å². The van der Waals surface area contributed by atoms with Crippen molar-refractivity contribution in [2.45, 2.75) is 26.8 Å². The van der Waals surface area contributed by atoms with Crippen molar-refractivity contribution in [2.24, 2.45) is 0 Å². The Kier molecular flexibility index (Phi) is 4.57. The van der Waals surface area contributed by atoms with Crippen LogP contribution in [0.3, 0.4) is 0 Å². The highest BCUT2D eigenvalue weighted by molar-refractivity contribution is 9.10. The van der Waals surface area contributed by atoms with Gasteiger partial charge in [-0.15, -0.1) is 0 Å². The Bertz CT molecular complexity index is 500. The van der Waals surface area contributed by atoms with E-state index in [4.69, 9.17) is 0 Å². The molecule has 0 amide bonds. The van der Waals surface area contributed by atoms with E-state index in [2.05, 4.69) is 20.7 Å². The minimum atomic E-state index is -3.49. The molecule has 17 heavy (non-hydrogen) atoms. The summed E-state index contributed by atoms with van der Waals surface area (Å²) < 4.78 is 28.7. The third kappa shape index (κ3) is 3.69. The predicted octanol–water partition coefficient (Wildman–Crippen LogP) is 2.75. The van der Waals surface area contributed by atoms with Crippen LogP contribution in [0.1, 0.15) is 19.4 Å². The second-order valence-corrected chi connectivity index (χ2v) is 6.82. The van der Waals surface area contributed by atoms with E-state index in [1.165, 1.54) is 4.31 Å². The minimum absolute atomic E-state index is 0.0834. The van der Waals surface area contributed by atoms with E-state index in [1.807, 2.05) is 32.9 Å². The summed E-state index contributed by atoms with van der Waals surface area (Å²) in [5.74, 6) is 0. The van der Waals surface area contributed by atoms with Gasteiger partial charge in [-0.25, -0.2) is 0 Å². The van der Waals surface area contributed by atoms with Crippen LogP contribution in [0.2, 0.25) is 0 Å². The lowest BCUT2D eigenvalue weighted by Crippen LogP contribution is -2.37. The monoisotopic (exact) mass is 320 g/mol. The van der Waals surface area contributed by atoms with Gasteiger partial charge in [0.1, 0.15) is 0 Å². The van der Waals surface area contributed by atoms with Crippen LogP contribution in [0.4, 0.5) is 5.69 Å². The molecular weight excluding hydrogens is 304 g/mol. The van der Waals surface area contributed by atoms with Crippen LogP contribution in [-0.4, -0.2) is 25.8 Å². The lowest BCUT2D eigenvalue weighted by Gasteiger charge is -2.22. The van der Waals surface area contributed by atoms with E-state index in [9.17, 15) is 8.42 Å². The summed E-state index contributed by atoms with van der Waals surface area (Å²) in [6.45, 7) is 5.51. The molecule has 0 saturated carbocycles. The summed E-state index contributed by atoms with van der Waals surface area (Å²) in [5.41, 5.74) is 1.47. The lowest BCUT2D eigenvalue weighted by molar-refractivity contribution is 0.414. The molecule has 1 aromatic rings. The molecule has 0 radical (unpaired) electrons. The zero-order valence-electron chi connectivity index (χ0n) is 10.4. The Morgan fingerprint density at radius 2 is 1.94 bits per heavy atom. The first-order chi connectivity index (χ1) is 7.74. The molecule has 0 bridgehead atoms. The van der Waals surface area contributed by atoms with Crippen LogP contribution >= 0.6 is 15.9 Å². The van der Waals surface area contributed by atoms with Gasteiger partial charge in [-0.3, -0.25) is 4.72 Å². The summed E-state index contributed by atoms with van der Waals surface area (Å²) in [7, 11) is -1.93. The number of hydrogen-bond donors (Lipinski definition) is 1. The largest absolute Gasteiger partial charge is 0.301 e. The quantitative estimate of drug-likeness (QED) is 0.927. The average Bonchev–Trinajstić information content (AvgIpc) is 2.21. The molecule has 0 aliphatic rings. The van der Waals surface area contributed by atoms with E-state index in [1.54, 1.807) is 13.1 Å². The fourth-order valence-electron chi connectivity index (χ4n) is 1.19. The Morgan fingerprint density at radius 3 is 2.47 bits per heavy atom. The van der Waals surface area contributed by atoms with E-state index in [0.717, 1.165) is 10.0 Å². The van der Waals surface area contributed by atoms with Gasteiger partial charge in [0.2, 0.25) is 0 Å². The van der Waals surface area contributed by atoms with Crippen LogP contribution < -0.4 is 4.72 Å². The number of halogens is 1. The lowest BCUT2D eigenvalue weighted by atomic mass is 10.2. The van der Waals surface area contributed by atoms with Crippen LogP contribution in [-0.2, 0) is 10.2 Å². The second kappa shape index (κ2) is 5.37. The number of nitrogens with zero attached hydrogens (tertiary/aromatic N) is 1. The SMILES string of the molecule is Cc1ccc(Br)cc1NS(=O)(=O)N(C)C(C)C. The summed E-state index contributed by atoms with van der Waals surface area (Å²) in [6, 6.07) is 5.40. The summed E-state index contributed by atoms with van der Waals surface area (Å²) in [4.78, 5) is 0. The van der Waals surface area contributed by atoms with Crippen molar-refractivity contribution in [3.63, 3.8) is 0 Å². The molecule has 4 nitrogen and oxygen atoms in total. The molecule has 0 aliphatic heterocycles. The maximum absolute atomic E-state index is 12.0. The third-order valence-corrected chi connectivity index (χ3v) is 4.70. The molecule has 0 atom stereocenters. The number of benzene rings is 1. The normalized spacial score (nSPS) is 12.2.